The minimum Gasteiger partial charge on any atom is -0.396 e. The van der Waals surface area contributed by atoms with Gasteiger partial charge in [-0.25, -0.2) is 0 Å². The molecule has 0 spiro atoms. The van der Waals surface area contributed by atoms with Crippen molar-refractivity contribution in [1.29, 1.82) is 0 Å². The van der Waals surface area contributed by atoms with Crippen molar-refractivity contribution in [1.82, 2.24) is 0 Å². The molecular formula is C21H48OSi. The second kappa shape index (κ2) is 24.4. The van der Waals surface area contributed by atoms with Crippen LogP contribution >= 0.6 is 0 Å². The summed E-state index contributed by atoms with van der Waals surface area (Å²) in [5.74, 6) is 0. The first kappa shape index (κ1) is 25.4. The first-order valence-corrected chi connectivity index (χ1v) is 14.2. The molecule has 142 valence electrons. The van der Waals surface area contributed by atoms with Crippen LogP contribution in [0, 0.1) is 0 Å². The van der Waals surface area contributed by atoms with Crippen molar-refractivity contribution in [2.45, 2.75) is 129 Å². The molecule has 0 radical (unpaired) electrons. The highest BCUT2D eigenvalue weighted by Gasteiger charge is 1.94. The predicted molar refractivity (Wildman–Crippen MR) is 111 cm³/mol. The Labute approximate surface area is 150 Å². The zero-order valence-electron chi connectivity index (χ0n) is 17.0. The Balaban J connectivity index is 0. The summed E-state index contributed by atoms with van der Waals surface area (Å²) in [5.41, 5.74) is 0. The molecular weight excluding hydrogens is 296 g/mol. The number of aliphatic hydroxyl groups excluding tert-OH is 1. The van der Waals surface area contributed by atoms with Crippen LogP contribution in [-0.4, -0.2) is 20.5 Å². The molecule has 0 aromatic carbocycles. The number of hydrogen-bond acceptors (Lipinski definition) is 1. The molecule has 0 aliphatic carbocycles. The van der Waals surface area contributed by atoms with Gasteiger partial charge in [0.15, 0.2) is 0 Å². The van der Waals surface area contributed by atoms with E-state index in [4.69, 9.17) is 5.11 Å². The van der Waals surface area contributed by atoms with Crippen molar-refractivity contribution in [2.75, 3.05) is 6.61 Å². The molecule has 0 amide bonds. The van der Waals surface area contributed by atoms with Crippen molar-refractivity contribution in [3.05, 3.63) is 0 Å². The van der Waals surface area contributed by atoms with Crippen LogP contribution in [0.5, 0.6) is 0 Å². The fraction of sp³-hybridized carbons (Fsp3) is 1.00. The Hall–Kier alpha value is 0.177. The fourth-order valence-corrected chi connectivity index (χ4v) is 2.66. The zero-order valence-corrected chi connectivity index (χ0v) is 18.2. The molecule has 1 nitrogen and oxygen atoms in total. The Morgan fingerprint density at radius 2 is 0.696 bits per heavy atom. The minimum absolute atomic E-state index is 0.139. The van der Waals surface area contributed by atoms with E-state index >= 15 is 0 Å². The molecule has 23 heavy (non-hydrogen) atoms. The monoisotopic (exact) mass is 344 g/mol. The zero-order chi connectivity index (χ0) is 17.6. The van der Waals surface area contributed by atoms with Crippen molar-refractivity contribution in [2.24, 2.45) is 0 Å². The van der Waals surface area contributed by atoms with Crippen LogP contribution in [0.2, 0.25) is 19.6 Å². The Bertz CT molecular complexity index is 164. The summed E-state index contributed by atoms with van der Waals surface area (Å²) in [4.78, 5) is 0. The normalized spacial score (nSPS) is 10.7. The summed E-state index contributed by atoms with van der Waals surface area (Å²) >= 11 is 0. The van der Waals surface area contributed by atoms with E-state index in [1.54, 1.807) is 0 Å². The van der Waals surface area contributed by atoms with Gasteiger partial charge in [-0.15, -0.1) is 0 Å². The van der Waals surface area contributed by atoms with E-state index in [0.717, 1.165) is 6.42 Å². The van der Waals surface area contributed by atoms with Gasteiger partial charge in [0, 0.05) is 15.4 Å². The maximum atomic E-state index is 8.67. The van der Waals surface area contributed by atoms with Gasteiger partial charge >= 0.3 is 0 Å². The van der Waals surface area contributed by atoms with Gasteiger partial charge in [0.1, 0.15) is 0 Å². The molecule has 0 aliphatic rings. The van der Waals surface area contributed by atoms with Crippen LogP contribution in [0.3, 0.4) is 0 Å². The van der Waals surface area contributed by atoms with E-state index in [1.807, 2.05) is 0 Å². The summed E-state index contributed by atoms with van der Waals surface area (Å²) < 4.78 is 0. The summed E-state index contributed by atoms with van der Waals surface area (Å²) in [6, 6.07) is 0. The number of aliphatic hydroxyl groups is 1. The number of unbranched alkanes of at least 4 members (excludes halogenated alkanes) is 15. The molecule has 0 aromatic rings. The van der Waals surface area contributed by atoms with Gasteiger partial charge in [-0.1, -0.05) is 123 Å². The molecule has 0 bridgehead atoms. The van der Waals surface area contributed by atoms with Crippen LogP contribution in [0.4, 0.5) is 0 Å². The Kier molecular flexibility index (Phi) is 27.0. The SMILES string of the molecule is CCCCCCCCCCCCCCCCCCO.C[SiH](C)C. The standard InChI is InChI=1S/C18H38O.C3H10Si/c1-2-3-4-5-6-7-8-9-10-11-12-13-14-15-16-17-18-19;1-4(2)3/h19H,2-18H2,1H3;4H,1-3H3. The summed E-state index contributed by atoms with van der Waals surface area (Å²) in [5, 5.41) is 8.67. The highest BCUT2D eigenvalue weighted by atomic mass is 28.3. The van der Waals surface area contributed by atoms with Crippen LogP contribution in [0.1, 0.15) is 110 Å². The highest BCUT2D eigenvalue weighted by molar-refractivity contribution is 6.54. The third-order valence-corrected chi connectivity index (χ3v) is 4.01. The van der Waals surface area contributed by atoms with Gasteiger partial charge < -0.3 is 5.11 Å². The summed E-state index contributed by atoms with van der Waals surface area (Å²) in [6.07, 6.45) is 22.2. The lowest BCUT2D eigenvalue weighted by Crippen LogP contribution is -1.85. The highest BCUT2D eigenvalue weighted by Crippen LogP contribution is 2.13. The Morgan fingerprint density at radius 3 is 0.913 bits per heavy atom. The van der Waals surface area contributed by atoms with Gasteiger partial charge in [0.05, 0.1) is 0 Å². The van der Waals surface area contributed by atoms with Crippen molar-refractivity contribution in [3.63, 3.8) is 0 Å². The molecule has 0 unspecified atom stereocenters. The molecule has 2 heteroatoms. The van der Waals surface area contributed by atoms with Crippen molar-refractivity contribution >= 4 is 8.80 Å². The van der Waals surface area contributed by atoms with E-state index in [2.05, 4.69) is 26.6 Å². The molecule has 1 N–H and O–H groups in total. The molecule has 0 aliphatic heterocycles. The summed E-state index contributed by atoms with van der Waals surface area (Å²) in [6.45, 7) is 9.57. The molecule has 0 atom stereocenters. The van der Waals surface area contributed by atoms with Gasteiger partial charge in [-0.2, -0.15) is 0 Å². The van der Waals surface area contributed by atoms with Gasteiger partial charge in [-0.05, 0) is 6.42 Å². The largest absolute Gasteiger partial charge is 0.396 e. The molecule has 0 saturated carbocycles. The van der Waals surface area contributed by atoms with Crippen LogP contribution < -0.4 is 0 Å². The third kappa shape index (κ3) is 34.5. The van der Waals surface area contributed by atoms with Crippen molar-refractivity contribution < 1.29 is 5.11 Å². The van der Waals surface area contributed by atoms with Crippen LogP contribution in [-0.2, 0) is 0 Å². The van der Waals surface area contributed by atoms with Crippen molar-refractivity contribution in [3.8, 4) is 0 Å². The van der Waals surface area contributed by atoms with Gasteiger partial charge in [0.2, 0.25) is 0 Å². The lowest BCUT2D eigenvalue weighted by Gasteiger charge is -2.03. The molecule has 0 heterocycles. The lowest BCUT2D eigenvalue weighted by molar-refractivity contribution is 0.282. The average Bonchev–Trinajstić information content (AvgIpc) is 2.50. The number of hydrogen-bond donors (Lipinski definition) is 1. The second-order valence-electron chi connectivity index (χ2n) is 7.76. The average molecular weight is 345 g/mol. The lowest BCUT2D eigenvalue weighted by atomic mass is 10.0. The van der Waals surface area contributed by atoms with Crippen LogP contribution in [0.25, 0.3) is 0 Å². The van der Waals surface area contributed by atoms with E-state index in [0.29, 0.717) is 6.61 Å². The quantitative estimate of drug-likeness (QED) is 0.229. The maximum Gasteiger partial charge on any atom is 0.0431 e. The van der Waals surface area contributed by atoms with E-state index < -0.39 is 0 Å². The predicted octanol–water partition coefficient (Wildman–Crippen LogP) is 7.34. The first-order valence-electron chi connectivity index (χ1n) is 10.8. The van der Waals surface area contributed by atoms with E-state index in [1.165, 1.54) is 96.3 Å². The van der Waals surface area contributed by atoms with Gasteiger partial charge in [0.25, 0.3) is 0 Å². The summed E-state index contributed by atoms with van der Waals surface area (Å²) in [7, 11) is -0.139. The minimum atomic E-state index is -0.139. The van der Waals surface area contributed by atoms with E-state index in [-0.39, 0.29) is 8.80 Å². The molecule has 0 rings (SSSR count). The van der Waals surface area contributed by atoms with Gasteiger partial charge in [-0.3, -0.25) is 0 Å². The van der Waals surface area contributed by atoms with E-state index in [9.17, 15) is 0 Å². The Morgan fingerprint density at radius 1 is 0.478 bits per heavy atom. The molecule has 0 fully saturated rings. The maximum absolute atomic E-state index is 8.67. The smallest absolute Gasteiger partial charge is 0.0431 e. The second-order valence-corrected chi connectivity index (χ2v) is 11.2. The topological polar surface area (TPSA) is 20.2 Å². The third-order valence-electron chi connectivity index (χ3n) is 4.01. The fourth-order valence-electron chi connectivity index (χ4n) is 2.66. The first-order chi connectivity index (χ1) is 11.1. The molecule has 0 aromatic heterocycles. The molecule has 0 saturated heterocycles. The number of rotatable bonds is 16. The van der Waals surface area contributed by atoms with Crippen LogP contribution in [0.15, 0.2) is 0 Å².